The van der Waals surface area contributed by atoms with Gasteiger partial charge < -0.3 is 10.3 Å². The second-order valence-corrected chi connectivity index (χ2v) is 7.67. The van der Waals surface area contributed by atoms with Gasteiger partial charge in [0.2, 0.25) is 0 Å². The average molecular weight is 369 g/mol. The minimum atomic E-state index is -3.80. The van der Waals surface area contributed by atoms with Gasteiger partial charge in [0.25, 0.3) is 10.1 Å². The Morgan fingerprint density at radius 1 is 1.19 bits per heavy atom. The second-order valence-electron chi connectivity index (χ2n) is 6.06. The third-order valence-electron chi connectivity index (χ3n) is 4.08. The van der Waals surface area contributed by atoms with Gasteiger partial charge in [0, 0.05) is 13.0 Å². The van der Waals surface area contributed by atoms with Crippen LogP contribution in [0.4, 0.5) is 0 Å². The highest BCUT2D eigenvalue weighted by Crippen LogP contribution is 2.17. The third-order valence-corrected chi connectivity index (χ3v) is 5.41. The molecule has 0 saturated carbocycles. The van der Waals surface area contributed by atoms with Crippen molar-refractivity contribution < 1.29 is 12.6 Å². The number of benzene rings is 2. The lowest BCUT2D eigenvalue weighted by Gasteiger charge is -2.10. The molecule has 26 heavy (non-hydrogen) atoms. The molecule has 0 unspecified atom stereocenters. The number of nitrogens with two attached hydrogens (primary N) is 1. The van der Waals surface area contributed by atoms with Crippen LogP contribution >= 0.6 is 0 Å². The molecule has 0 aliphatic rings. The van der Waals surface area contributed by atoms with Crippen molar-refractivity contribution in [2.75, 3.05) is 13.2 Å². The van der Waals surface area contributed by atoms with Crippen molar-refractivity contribution in [2.24, 2.45) is 5.73 Å². The maximum absolute atomic E-state index is 12.3. The van der Waals surface area contributed by atoms with E-state index in [-0.39, 0.29) is 11.5 Å². The average Bonchev–Trinajstić information content (AvgIpc) is 2.92. The smallest absolute Gasteiger partial charge is 0.297 e. The summed E-state index contributed by atoms with van der Waals surface area (Å²) in [6.45, 7) is 2.67. The molecule has 134 valence electrons. The Morgan fingerprint density at radius 2 is 1.92 bits per heavy atom. The Balaban J connectivity index is 1.79. The summed E-state index contributed by atoms with van der Waals surface area (Å²) in [6, 6.07) is 12.0. The van der Waals surface area contributed by atoms with Crippen molar-refractivity contribution in [2.45, 2.75) is 24.8 Å². The van der Waals surface area contributed by atoms with Crippen LogP contribution in [0.15, 0.2) is 47.4 Å². The van der Waals surface area contributed by atoms with Crippen molar-refractivity contribution in [1.29, 1.82) is 0 Å². The number of aryl methyl sites for hydroxylation is 1. The predicted octanol–water partition coefficient (Wildman–Crippen LogP) is 1.05. The number of imidazole rings is 1. The van der Waals surface area contributed by atoms with E-state index in [0.717, 1.165) is 22.4 Å². The molecule has 2 N–H and O–H groups in total. The zero-order valence-corrected chi connectivity index (χ0v) is 15.4. The summed E-state index contributed by atoms with van der Waals surface area (Å²) in [5.74, 6) is 0.782. The molecule has 0 amide bonds. The van der Waals surface area contributed by atoms with Gasteiger partial charge in [-0.15, -0.1) is 0 Å². The van der Waals surface area contributed by atoms with Crippen molar-refractivity contribution >= 4 is 34.5 Å². The van der Waals surface area contributed by atoms with Crippen LogP contribution in [-0.4, -0.2) is 39.0 Å². The molecule has 1 aromatic heterocycles. The van der Waals surface area contributed by atoms with Crippen molar-refractivity contribution in [1.82, 2.24) is 9.55 Å². The number of hydrogen-bond acceptors (Lipinski definition) is 5. The first-order chi connectivity index (χ1) is 12.4. The zero-order valence-electron chi connectivity index (χ0n) is 14.6. The van der Waals surface area contributed by atoms with E-state index in [1.807, 2.05) is 23.6 Å². The molecule has 0 bridgehead atoms. The summed E-state index contributed by atoms with van der Waals surface area (Å²) >= 11 is 0. The van der Waals surface area contributed by atoms with Crippen LogP contribution in [0, 0.1) is 6.92 Å². The molecule has 1 heterocycles. The molecule has 0 aliphatic heterocycles. The van der Waals surface area contributed by atoms with E-state index in [0.29, 0.717) is 25.0 Å². The summed E-state index contributed by atoms with van der Waals surface area (Å²) in [5.41, 5.74) is 8.90. The molecule has 0 saturated heterocycles. The fraction of sp³-hybridized carbons (Fsp3) is 0.278. The first-order valence-electron chi connectivity index (χ1n) is 8.31. The van der Waals surface area contributed by atoms with Crippen LogP contribution in [-0.2, 0) is 27.3 Å². The molecule has 3 aromatic rings. The van der Waals surface area contributed by atoms with E-state index in [2.05, 4.69) is 4.98 Å². The van der Waals surface area contributed by atoms with Crippen molar-refractivity contribution in [3.8, 4) is 0 Å². The molecule has 2 radical (unpaired) electrons. The molecular formula is C18H20BN3O3S. The number of hydrogen-bond donors (Lipinski definition) is 1. The molecule has 6 nitrogen and oxygen atoms in total. The van der Waals surface area contributed by atoms with Gasteiger partial charge in [-0.3, -0.25) is 4.18 Å². The van der Waals surface area contributed by atoms with Crippen molar-refractivity contribution in [3.63, 3.8) is 0 Å². The van der Waals surface area contributed by atoms with E-state index in [4.69, 9.17) is 17.8 Å². The summed E-state index contributed by atoms with van der Waals surface area (Å²) in [4.78, 5) is 4.69. The molecule has 2 aromatic carbocycles. The Morgan fingerprint density at radius 3 is 2.62 bits per heavy atom. The molecule has 8 heteroatoms. The Kier molecular flexibility index (Phi) is 5.45. The predicted molar refractivity (Wildman–Crippen MR) is 102 cm³/mol. The van der Waals surface area contributed by atoms with Gasteiger partial charge in [-0.2, -0.15) is 8.42 Å². The van der Waals surface area contributed by atoms with Gasteiger partial charge in [0.15, 0.2) is 0 Å². The Labute approximate surface area is 154 Å². The van der Waals surface area contributed by atoms with Crippen LogP contribution in [0.1, 0.15) is 11.4 Å². The van der Waals surface area contributed by atoms with E-state index in [1.54, 1.807) is 18.2 Å². The van der Waals surface area contributed by atoms with Crippen LogP contribution in [0.2, 0.25) is 0 Å². The van der Waals surface area contributed by atoms with Gasteiger partial charge in [-0.1, -0.05) is 29.2 Å². The normalized spacial score (nSPS) is 11.9. The summed E-state index contributed by atoms with van der Waals surface area (Å²) < 4.78 is 31.7. The number of rotatable bonds is 7. The number of nitrogens with zero attached hydrogens (tertiary/aromatic N) is 2. The topological polar surface area (TPSA) is 87.2 Å². The molecule has 0 aliphatic carbocycles. The molecule has 0 spiro atoms. The highest BCUT2D eigenvalue weighted by Gasteiger charge is 2.16. The molecular weight excluding hydrogens is 349 g/mol. The van der Waals surface area contributed by atoms with Gasteiger partial charge >= 0.3 is 0 Å². The molecule has 3 rings (SSSR count). The Bertz CT molecular complexity index is 1010. The van der Waals surface area contributed by atoms with E-state index < -0.39 is 10.1 Å². The highest BCUT2D eigenvalue weighted by molar-refractivity contribution is 7.86. The summed E-state index contributed by atoms with van der Waals surface area (Å²) in [5, 5.41) is 0. The van der Waals surface area contributed by atoms with Gasteiger partial charge in [-0.25, -0.2) is 4.98 Å². The van der Waals surface area contributed by atoms with Gasteiger partial charge in [-0.05, 0) is 37.7 Å². The standard InChI is InChI=1S/C18H20BN3O3S/c1-13-2-5-15(6-3-13)26(23,24)25-11-10-22-17-12-14(19)4-7-16(17)21-18(22)8-9-20/h2-7,12H,8-11,20H2,1H3. The highest BCUT2D eigenvalue weighted by atomic mass is 32.2. The molecule has 0 fully saturated rings. The third kappa shape index (κ3) is 3.98. The number of fused-ring (bicyclic) bond motifs is 1. The maximum atomic E-state index is 12.3. The fourth-order valence-corrected chi connectivity index (χ4v) is 3.67. The summed E-state index contributed by atoms with van der Waals surface area (Å²) in [7, 11) is 2.07. The monoisotopic (exact) mass is 369 g/mol. The first-order valence-corrected chi connectivity index (χ1v) is 9.72. The van der Waals surface area contributed by atoms with E-state index in [1.165, 1.54) is 12.1 Å². The lowest BCUT2D eigenvalue weighted by molar-refractivity contribution is 0.300. The van der Waals surface area contributed by atoms with Gasteiger partial charge in [0.05, 0.1) is 22.5 Å². The van der Waals surface area contributed by atoms with Crippen molar-refractivity contribution in [3.05, 3.63) is 53.9 Å². The lowest BCUT2D eigenvalue weighted by atomic mass is 9.96. The second kappa shape index (κ2) is 7.61. The van der Waals surface area contributed by atoms with E-state index >= 15 is 0 Å². The molecule has 0 atom stereocenters. The zero-order chi connectivity index (χ0) is 18.7. The van der Waals surface area contributed by atoms with Gasteiger partial charge in [0.1, 0.15) is 13.7 Å². The largest absolute Gasteiger partial charge is 0.330 e. The quantitative estimate of drug-likeness (QED) is 0.497. The van der Waals surface area contributed by atoms with Crippen LogP contribution in [0.25, 0.3) is 11.0 Å². The van der Waals surface area contributed by atoms with Crippen LogP contribution < -0.4 is 11.2 Å². The summed E-state index contributed by atoms with van der Waals surface area (Å²) in [6.07, 6.45) is 0.583. The Hall–Kier alpha value is -2.16. The van der Waals surface area contributed by atoms with Crippen LogP contribution in [0.5, 0.6) is 0 Å². The van der Waals surface area contributed by atoms with E-state index in [9.17, 15) is 8.42 Å². The first kappa shape index (κ1) is 18.6. The fourth-order valence-electron chi connectivity index (χ4n) is 2.77. The minimum absolute atomic E-state index is 0.00591. The van der Waals surface area contributed by atoms with Crippen LogP contribution in [0.3, 0.4) is 0 Å². The SMILES string of the molecule is [B]c1ccc2nc(CCN)n(CCOS(=O)(=O)c3ccc(C)cc3)c2c1. The lowest BCUT2D eigenvalue weighted by Crippen LogP contribution is -2.16. The minimum Gasteiger partial charge on any atom is -0.330 e. The number of aromatic nitrogens is 2. The maximum Gasteiger partial charge on any atom is 0.297 e.